The maximum atomic E-state index is 11.4. The van der Waals surface area contributed by atoms with Gasteiger partial charge in [-0.3, -0.25) is 9.48 Å². The van der Waals surface area contributed by atoms with Crippen molar-refractivity contribution in [1.29, 1.82) is 0 Å². The predicted octanol–water partition coefficient (Wildman–Crippen LogP) is 0.895. The summed E-state index contributed by atoms with van der Waals surface area (Å²) in [7, 11) is 3.73. The van der Waals surface area contributed by atoms with Gasteiger partial charge in [-0.15, -0.1) is 0 Å². The van der Waals surface area contributed by atoms with E-state index in [9.17, 15) is 9.90 Å². The van der Waals surface area contributed by atoms with Gasteiger partial charge in [-0.1, -0.05) is 6.07 Å². The van der Waals surface area contributed by atoms with Crippen molar-refractivity contribution in [3.8, 4) is 22.9 Å². The Morgan fingerprint density at radius 3 is 2.78 bits per heavy atom. The summed E-state index contributed by atoms with van der Waals surface area (Å²) in [4.78, 5) is 20.0. The summed E-state index contributed by atoms with van der Waals surface area (Å²) < 4.78 is 8.01. The molecule has 0 aliphatic carbocycles. The van der Waals surface area contributed by atoms with Crippen molar-refractivity contribution in [2.75, 3.05) is 0 Å². The molecule has 3 rings (SSSR count). The minimum absolute atomic E-state index is 0.108. The third-order valence-corrected chi connectivity index (χ3v) is 4.29. The fourth-order valence-corrected chi connectivity index (χ4v) is 2.96. The van der Waals surface area contributed by atoms with Crippen LogP contribution >= 0.6 is 0 Å². The zero-order valence-electron chi connectivity index (χ0n) is 15.7. The van der Waals surface area contributed by atoms with Crippen LogP contribution in [-0.2, 0) is 5.40 Å². The smallest absolute Gasteiger partial charge is 0.157 e. The van der Waals surface area contributed by atoms with Crippen LogP contribution in [0.4, 0.5) is 0 Å². The van der Waals surface area contributed by atoms with Crippen LogP contribution in [0.3, 0.4) is 0 Å². The minimum atomic E-state index is -0.867. The second kappa shape index (κ2) is 7.26. The van der Waals surface area contributed by atoms with Gasteiger partial charge in [-0.2, -0.15) is 5.10 Å². The van der Waals surface area contributed by atoms with Crippen molar-refractivity contribution in [2.45, 2.75) is 25.3 Å². The maximum Gasteiger partial charge on any atom is 0.157 e. The number of hydrogen-bond acceptors (Lipinski definition) is 6. The fraction of sp³-hybridized carbons (Fsp3) is 0.222. The van der Waals surface area contributed by atoms with E-state index in [1.54, 1.807) is 24.5 Å². The number of carbonyl (C=O) groups excluding carboxylic acids is 1. The highest BCUT2D eigenvalue weighted by Crippen LogP contribution is 2.33. The summed E-state index contributed by atoms with van der Waals surface area (Å²) in [5.74, 6) is 0.169. The van der Waals surface area contributed by atoms with Gasteiger partial charge in [0.1, 0.15) is 17.8 Å². The van der Waals surface area contributed by atoms with E-state index < -0.39 is 5.40 Å². The molecule has 1 aromatic carbocycles. The summed E-state index contributed by atoms with van der Waals surface area (Å²) in [5.41, 5.74) is 2.41. The van der Waals surface area contributed by atoms with Crippen molar-refractivity contribution in [3.05, 3.63) is 54.1 Å². The van der Waals surface area contributed by atoms with Crippen LogP contribution in [-0.4, -0.2) is 46.8 Å². The Morgan fingerprint density at radius 1 is 1.30 bits per heavy atom. The molecule has 0 saturated carbocycles. The third kappa shape index (κ3) is 3.58. The molecule has 1 N–H and O–H groups in total. The van der Waals surface area contributed by atoms with E-state index >= 15 is 0 Å². The second-order valence-electron chi connectivity index (χ2n) is 6.96. The molecular formula is C18H20B2N4O3. The first kappa shape index (κ1) is 18.7. The van der Waals surface area contributed by atoms with Gasteiger partial charge in [0.05, 0.1) is 22.4 Å². The Morgan fingerprint density at radius 2 is 2.07 bits per heavy atom. The Kier molecular flexibility index (Phi) is 5.03. The van der Waals surface area contributed by atoms with Crippen LogP contribution in [0.1, 0.15) is 35.8 Å². The van der Waals surface area contributed by atoms with Crippen LogP contribution < -0.4 is 4.74 Å². The SMILES string of the molecule is BC(B)(Oc1cccc(O)c1C=O)c1cncnc1-c1ccnn1C(C)C. The third-order valence-electron chi connectivity index (χ3n) is 4.29. The Balaban J connectivity index is 2.08. The lowest BCUT2D eigenvalue weighted by atomic mass is 9.60. The summed E-state index contributed by atoms with van der Waals surface area (Å²) in [6, 6.07) is 6.78. The summed E-state index contributed by atoms with van der Waals surface area (Å²) in [5, 5.41) is 13.4. The average Bonchev–Trinajstić information content (AvgIpc) is 3.11. The first-order chi connectivity index (χ1) is 12.8. The van der Waals surface area contributed by atoms with Gasteiger partial charge in [-0.05, 0) is 32.0 Å². The average molecular weight is 362 g/mol. The lowest BCUT2D eigenvalue weighted by Crippen LogP contribution is -2.35. The number of benzene rings is 1. The number of aromatic hydroxyl groups is 1. The highest BCUT2D eigenvalue weighted by molar-refractivity contribution is 6.39. The van der Waals surface area contributed by atoms with Crippen LogP contribution in [0.15, 0.2) is 43.0 Å². The normalized spacial score (nSPS) is 11.5. The van der Waals surface area contributed by atoms with Gasteiger partial charge < -0.3 is 9.84 Å². The molecule has 0 fully saturated rings. The number of carbonyl (C=O) groups is 1. The Labute approximate surface area is 159 Å². The van der Waals surface area contributed by atoms with Crippen molar-refractivity contribution >= 4 is 22.0 Å². The highest BCUT2D eigenvalue weighted by atomic mass is 16.5. The molecule has 3 aromatic rings. The van der Waals surface area contributed by atoms with Gasteiger partial charge in [0, 0.05) is 24.0 Å². The topological polar surface area (TPSA) is 90.1 Å². The van der Waals surface area contributed by atoms with E-state index in [1.807, 2.05) is 40.3 Å². The number of aldehydes is 1. The molecule has 0 spiro atoms. The number of phenols is 1. The molecule has 0 unspecified atom stereocenters. The summed E-state index contributed by atoms with van der Waals surface area (Å²) >= 11 is 0. The largest absolute Gasteiger partial charge is 0.507 e. The van der Waals surface area contributed by atoms with Crippen LogP contribution in [0, 0.1) is 0 Å². The van der Waals surface area contributed by atoms with E-state index in [0.717, 1.165) is 11.3 Å². The first-order valence-corrected chi connectivity index (χ1v) is 8.65. The van der Waals surface area contributed by atoms with Gasteiger partial charge in [0.15, 0.2) is 22.0 Å². The molecule has 27 heavy (non-hydrogen) atoms. The lowest BCUT2D eigenvalue weighted by molar-refractivity contribution is 0.111. The molecule has 7 nitrogen and oxygen atoms in total. The van der Waals surface area contributed by atoms with Crippen LogP contribution in [0.5, 0.6) is 11.5 Å². The molecule has 0 atom stereocenters. The molecule has 0 aliphatic heterocycles. The van der Waals surface area contributed by atoms with E-state index in [4.69, 9.17) is 4.74 Å². The minimum Gasteiger partial charge on any atom is -0.507 e. The number of ether oxygens (including phenoxy) is 1. The Bertz CT molecular complexity index is 973. The fourth-order valence-electron chi connectivity index (χ4n) is 2.96. The Hall–Kier alpha value is -3.09. The molecule has 0 amide bonds. The summed E-state index contributed by atoms with van der Waals surface area (Å²) in [6.45, 7) is 4.09. The van der Waals surface area contributed by atoms with Crippen molar-refractivity contribution in [2.24, 2.45) is 0 Å². The molecule has 0 saturated heterocycles. The monoisotopic (exact) mass is 362 g/mol. The highest BCUT2D eigenvalue weighted by Gasteiger charge is 2.30. The van der Waals surface area contributed by atoms with E-state index in [1.165, 1.54) is 12.4 Å². The molecule has 9 heteroatoms. The molecule has 2 heterocycles. The first-order valence-electron chi connectivity index (χ1n) is 8.65. The maximum absolute atomic E-state index is 11.4. The molecule has 0 aliphatic rings. The standard InChI is InChI=1S/C18H20B2N4O3/c1-11(2)24-14(6-7-23-24)17-13(8-21-10-22-17)18(19,20)27-16-5-3-4-15(26)12(16)9-25/h3-11,26H,19-20H2,1-2H3. The molecular weight excluding hydrogens is 342 g/mol. The number of phenolic OH excluding ortho intramolecular Hbond substituents is 1. The molecule has 0 bridgehead atoms. The van der Waals surface area contributed by atoms with Crippen molar-refractivity contribution in [3.63, 3.8) is 0 Å². The lowest BCUT2D eigenvalue weighted by Gasteiger charge is -2.29. The van der Waals surface area contributed by atoms with E-state index in [-0.39, 0.29) is 17.4 Å². The van der Waals surface area contributed by atoms with Gasteiger partial charge in [-0.25, -0.2) is 9.97 Å². The number of hydrogen-bond donors (Lipinski definition) is 1. The van der Waals surface area contributed by atoms with Gasteiger partial charge in [0.2, 0.25) is 0 Å². The predicted molar refractivity (Wildman–Crippen MR) is 107 cm³/mol. The zero-order chi connectivity index (χ0) is 19.6. The van der Waals surface area contributed by atoms with Crippen molar-refractivity contribution < 1.29 is 14.6 Å². The second-order valence-corrected chi connectivity index (χ2v) is 6.96. The van der Waals surface area contributed by atoms with Crippen LogP contribution in [0.25, 0.3) is 11.4 Å². The van der Waals surface area contributed by atoms with Crippen molar-refractivity contribution in [1.82, 2.24) is 19.7 Å². The molecule has 136 valence electrons. The van der Waals surface area contributed by atoms with E-state index in [0.29, 0.717) is 17.7 Å². The number of aromatic nitrogens is 4. The molecule has 0 radical (unpaired) electrons. The molecule has 2 aromatic heterocycles. The number of rotatable bonds is 6. The van der Waals surface area contributed by atoms with Gasteiger partial charge in [0.25, 0.3) is 0 Å². The quantitative estimate of drug-likeness (QED) is 0.518. The van der Waals surface area contributed by atoms with Crippen LogP contribution in [0.2, 0.25) is 0 Å². The van der Waals surface area contributed by atoms with Gasteiger partial charge >= 0.3 is 0 Å². The number of nitrogens with zero attached hydrogens (tertiary/aromatic N) is 4. The van der Waals surface area contributed by atoms with E-state index in [2.05, 4.69) is 15.1 Å². The zero-order valence-corrected chi connectivity index (χ0v) is 15.7. The summed E-state index contributed by atoms with van der Waals surface area (Å²) in [6.07, 6.45) is 5.49.